The highest BCUT2D eigenvalue weighted by molar-refractivity contribution is 5.94. The van der Waals surface area contributed by atoms with Crippen molar-refractivity contribution in [1.82, 2.24) is 5.32 Å². The monoisotopic (exact) mass is 297 g/mol. The minimum Gasteiger partial charge on any atom is -0.352 e. The molecule has 2 fully saturated rings. The summed E-state index contributed by atoms with van der Waals surface area (Å²) in [7, 11) is 0. The van der Waals surface area contributed by atoms with E-state index in [9.17, 15) is 18.0 Å². The summed E-state index contributed by atoms with van der Waals surface area (Å²) in [6, 6.07) is 4.59. The molecule has 2 aliphatic rings. The van der Waals surface area contributed by atoms with Crippen molar-refractivity contribution in [1.29, 1.82) is 0 Å². The van der Waals surface area contributed by atoms with E-state index in [4.69, 9.17) is 0 Å². The number of hydrogen-bond acceptors (Lipinski definition) is 1. The Kier molecular flexibility index (Phi) is 3.68. The van der Waals surface area contributed by atoms with E-state index in [1.807, 2.05) is 0 Å². The molecule has 0 aromatic heterocycles. The number of halogens is 3. The molecular formula is C16H18F3NO. The van der Waals surface area contributed by atoms with E-state index in [1.54, 1.807) is 0 Å². The van der Waals surface area contributed by atoms with Crippen LogP contribution in [0, 0.1) is 17.8 Å². The van der Waals surface area contributed by atoms with Crippen molar-refractivity contribution >= 4 is 5.91 Å². The number of alkyl halides is 3. The molecule has 1 aromatic rings. The molecular weight excluding hydrogens is 279 g/mol. The second-order valence-corrected chi connectivity index (χ2v) is 6.22. The van der Waals surface area contributed by atoms with E-state index in [0.29, 0.717) is 18.4 Å². The van der Waals surface area contributed by atoms with Gasteiger partial charge in [0.2, 0.25) is 0 Å². The van der Waals surface area contributed by atoms with Gasteiger partial charge < -0.3 is 5.32 Å². The van der Waals surface area contributed by atoms with Crippen LogP contribution in [0.5, 0.6) is 0 Å². The first-order valence-corrected chi connectivity index (χ1v) is 7.39. The van der Waals surface area contributed by atoms with Crippen molar-refractivity contribution in [2.24, 2.45) is 17.8 Å². The number of benzene rings is 1. The first-order valence-electron chi connectivity index (χ1n) is 7.39. The molecule has 0 heterocycles. The van der Waals surface area contributed by atoms with Gasteiger partial charge in [0.1, 0.15) is 0 Å². The molecule has 2 aliphatic carbocycles. The van der Waals surface area contributed by atoms with Crippen molar-refractivity contribution in [3.8, 4) is 0 Å². The van der Waals surface area contributed by atoms with Crippen LogP contribution in [0.25, 0.3) is 0 Å². The number of nitrogens with one attached hydrogen (secondary N) is 1. The fraction of sp³-hybridized carbons (Fsp3) is 0.562. The van der Waals surface area contributed by atoms with Gasteiger partial charge in [-0.3, -0.25) is 4.79 Å². The Labute approximate surface area is 121 Å². The Morgan fingerprint density at radius 2 is 2.05 bits per heavy atom. The third kappa shape index (κ3) is 3.06. The van der Waals surface area contributed by atoms with E-state index in [2.05, 4.69) is 5.32 Å². The molecule has 3 rings (SSSR count). The summed E-state index contributed by atoms with van der Waals surface area (Å²) in [4.78, 5) is 12.0. The highest BCUT2D eigenvalue weighted by Gasteiger charge is 2.39. The molecule has 0 radical (unpaired) electrons. The Morgan fingerprint density at radius 3 is 2.67 bits per heavy atom. The molecule has 2 bridgehead atoms. The van der Waals surface area contributed by atoms with Gasteiger partial charge >= 0.3 is 6.18 Å². The standard InChI is InChI=1S/C16H18F3NO/c17-16(18,19)14-3-1-2-12(8-14)15(21)20-9-13-7-10-4-5-11(13)6-10/h1-3,8,10-11,13H,4-7,9H2,(H,20,21)/t10-,11-,13+/m0/s1. The lowest BCUT2D eigenvalue weighted by molar-refractivity contribution is -0.137. The molecule has 2 nitrogen and oxygen atoms in total. The van der Waals surface area contributed by atoms with Crippen LogP contribution in [-0.2, 0) is 6.18 Å². The Balaban J connectivity index is 1.60. The summed E-state index contributed by atoms with van der Waals surface area (Å²) in [6.07, 6.45) is 0.510. The summed E-state index contributed by atoms with van der Waals surface area (Å²) >= 11 is 0. The van der Waals surface area contributed by atoms with Gasteiger partial charge in [-0.05, 0) is 55.2 Å². The van der Waals surface area contributed by atoms with E-state index >= 15 is 0 Å². The zero-order valence-corrected chi connectivity index (χ0v) is 11.6. The van der Waals surface area contributed by atoms with Crippen LogP contribution >= 0.6 is 0 Å². The molecule has 2 saturated carbocycles. The maximum absolute atomic E-state index is 12.6. The van der Waals surface area contributed by atoms with Gasteiger partial charge in [0.05, 0.1) is 5.56 Å². The van der Waals surface area contributed by atoms with Gasteiger partial charge in [0, 0.05) is 12.1 Å². The summed E-state index contributed by atoms with van der Waals surface area (Å²) in [5.74, 6) is 1.57. The number of carbonyl (C=O) groups excluding carboxylic acids is 1. The highest BCUT2D eigenvalue weighted by atomic mass is 19.4. The average Bonchev–Trinajstić information content (AvgIpc) is 3.06. The van der Waals surface area contributed by atoms with E-state index in [1.165, 1.54) is 31.4 Å². The first kappa shape index (κ1) is 14.4. The zero-order valence-electron chi connectivity index (χ0n) is 11.6. The summed E-state index contributed by atoms with van der Waals surface area (Å²) < 4.78 is 37.9. The van der Waals surface area contributed by atoms with Crippen LogP contribution in [0.4, 0.5) is 13.2 Å². The highest BCUT2D eigenvalue weighted by Crippen LogP contribution is 2.47. The third-order valence-corrected chi connectivity index (χ3v) is 4.86. The fourth-order valence-corrected chi connectivity index (χ4v) is 3.79. The average molecular weight is 297 g/mol. The number of carbonyl (C=O) groups is 1. The van der Waals surface area contributed by atoms with Crippen LogP contribution in [-0.4, -0.2) is 12.5 Å². The minimum atomic E-state index is -4.42. The maximum Gasteiger partial charge on any atom is 0.416 e. The largest absolute Gasteiger partial charge is 0.416 e. The Hall–Kier alpha value is -1.52. The first-order chi connectivity index (χ1) is 9.93. The predicted octanol–water partition coefficient (Wildman–Crippen LogP) is 3.87. The minimum absolute atomic E-state index is 0.0768. The van der Waals surface area contributed by atoms with Crippen molar-refractivity contribution in [2.75, 3.05) is 6.54 Å². The van der Waals surface area contributed by atoms with Crippen LogP contribution in [0.1, 0.15) is 41.6 Å². The van der Waals surface area contributed by atoms with Gasteiger partial charge in [-0.2, -0.15) is 13.2 Å². The lowest BCUT2D eigenvalue weighted by Gasteiger charge is -2.21. The molecule has 21 heavy (non-hydrogen) atoms. The molecule has 3 atom stereocenters. The molecule has 1 N–H and O–H groups in total. The number of amides is 1. The van der Waals surface area contributed by atoms with Crippen LogP contribution in [0.3, 0.4) is 0 Å². The number of rotatable bonds is 3. The van der Waals surface area contributed by atoms with Gasteiger partial charge in [0.25, 0.3) is 5.91 Å². The summed E-state index contributed by atoms with van der Waals surface area (Å²) in [5, 5.41) is 2.80. The molecule has 5 heteroatoms. The third-order valence-electron chi connectivity index (χ3n) is 4.86. The lowest BCUT2D eigenvalue weighted by atomic mass is 9.89. The van der Waals surface area contributed by atoms with Crippen molar-refractivity contribution < 1.29 is 18.0 Å². The molecule has 1 aromatic carbocycles. The quantitative estimate of drug-likeness (QED) is 0.901. The molecule has 0 aliphatic heterocycles. The number of hydrogen-bond donors (Lipinski definition) is 1. The van der Waals surface area contributed by atoms with E-state index in [0.717, 1.165) is 24.5 Å². The Morgan fingerprint density at radius 1 is 1.24 bits per heavy atom. The number of fused-ring (bicyclic) bond motifs is 2. The van der Waals surface area contributed by atoms with Gasteiger partial charge in [-0.25, -0.2) is 0 Å². The molecule has 114 valence electrons. The lowest BCUT2D eigenvalue weighted by Crippen LogP contribution is -2.31. The van der Waals surface area contributed by atoms with Crippen LogP contribution < -0.4 is 5.32 Å². The topological polar surface area (TPSA) is 29.1 Å². The summed E-state index contributed by atoms with van der Waals surface area (Å²) in [5.41, 5.74) is -0.706. The van der Waals surface area contributed by atoms with Crippen LogP contribution in [0.15, 0.2) is 24.3 Å². The van der Waals surface area contributed by atoms with Crippen molar-refractivity contribution in [2.45, 2.75) is 31.9 Å². The molecule has 1 amide bonds. The SMILES string of the molecule is O=C(NC[C@H]1C[C@H]2CC[C@H]1C2)c1cccc(C(F)(F)F)c1. The molecule has 0 unspecified atom stereocenters. The maximum atomic E-state index is 12.6. The van der Waals surface area contributed by atoms with Gasteiger partial charge in [-0.15, -0.1) is 0 Å². The normalized spacial score (nSPS) is 27.9. The second kappa shape index (κ2) is 5.35. The fourth-order valence-electron chi connectivity index (χ4n) is 3.79. The van der Waals surface area contributed by atoms with Crippen molar-refractivity contribution in [3.63, 3.8) is 0 Å². The Bertz CT molecular complexity index is 541. The summed E-state index contributed by atoms with van der Waals surface area (Å²) in [6.45, 7) is 0.580. The molecule has 0 spiro atoms. The van der Waals surface area contributed by atoms with Crippen molar-refractivity contribution in [3.05, 3.63) is 35.4 Å². The van der Waals surface area contributed by atoms with E-state index < -0.39 is 17.6 Å². The van der Waals surface area contributed by atoms with Gasteiger partial charge in [-0.1, -0.05) is 12.5 Å². The predicted molar refractivity (Wildman–Crippen MR) is 72.7 cm³/mol. The van der Waals surface area contributed by atoms with Gasteiger partial charge in [0.15, 0.2) is 0 Å². The van der Waals surface area contributed by atoms with E-state index in [-0.39, 0.29) is 5.56 Å². The zero-order chi connectivity index (χ0) is 15.0. The van der Waals surface area contributed by atoms with Crippen LogP contribution in [0.2, 0.25) is 0 Å². The smallest absolute Gasteiger partial charge is 0.352 e. The second-order valence-electron chi connectivity index (χ2n) is 6.22. The molecule has 0 saturated heterocycles.